The molecular weight excluding hydrogens is 283 g/mol. The molecule has 0 aliphatic rings. The summed E-state index contributed by atoms with van der Waals surface area (Å²) in [5.41, 5.74) is -0.901. The van der Waals surface area contributed by atoms with Gasteiger partial charge in [0.15, 0.2) is 0 Å². The Morgan fingerprint density at radius 1 is 1.10 bits per heavy atom. The van der Waals surface area contributed by atoms with Gasteiger partial charge in [-0.1, -0.05) is 6.92 Å². The van der Waals surface area contributed by atoms with Gasteiger partial charge in [0.1, 0.15) is 17.5 Å². The van der Waals surface area contributed by atoms with Crippen molar-refractivity contribution in [3.05, 3.63) is 0 Å². The topological polar surface area (TPSA) is 78.9 Å². The molecule has 0 spiro atoms. The quantitative estimate of drug-likeness (QED) is 0.456. The summed E-state index contributed by atoms with van der Waals surface area (Å²) in [5, 5.41) is 0. The largest absolute Gasteiger partial charge is 0.463 e. The second kappa shape index (κ2) is 9.27. The van der Waals surface area contributed by atoms with Gasteiger partial charge in [-0.3, -0.25) is 14.2 Å². The van der Waals surface area contributed by atoms with Crippen LogP contribution in [0.4, 0.5) is 0 Å². The highest BCUT2D eigenvalue weighted by Crippen LogP contribution is 2.55. The molecule has 0 heterocycles. The van der Waals surface area contributed by atoms with Crippen LogP contribution in [0.3, 0.4) is 0 Å². The minimum atomic E-state index is -3.54. The molecule has 0 saturated heterocycles. The van der Waals surface area contributed by atoms with Gasteiger partial charge in [0.25, 0.3) is 0 Å². The van der Waals surface area contributed by atoms with Crippen LogP contribution in [0, 0.1) is 0 Å². The van der Waals surface area contributed by atoms with Crippen molar-refractivity contribution >= 4 is 19.3 Å². The van der Waals surface area contributed by atoms with E-state index in [4.69, 9.17) is 13.8 Å². The number of ketones is 1. The predicted molar refractivity (Wildman–Crippen MR) is 75.8 cm³/mol. The third-order valence-electron chi connectivity index (χ3n) is 2.64. The Bertz CT molecular complexity index is 358. The van der Waals surface area contributed by atoms with Gasteiger partial charge in [0, 0.05) is 19.8 Å². The summed E-state index contributed by atoms with van der Waals surface area (Å²) in [4.78, 5) is 23.0. The number of Topliss-reactive ketones (excluding diaryl/α,β-unsaturated/α-hetero) is 1. The van der Waals surface area contributed by atoms with Gasteiger partial charge in [-0.05, 0) is 20.8 Å². The van der Waals surface area contributed by atoms with Gasteiger partial charge in [0.05, 0.1) is 13.2 Å². The molecule has 0 aromatic carbocycles. The molecule has 0 aromatic rings. The van der Waals surface area contributed by atoms with Crippen LogP contribution < -0.4 is 0 Å². The van der Waals surface area contributed by atoms with Crippen LogP contribution in [-0.2, 0) is 27.9 Å². The first-order chi connectivity index (χ1) is 9.30. The van der Waals surface area contributed by atoms with Crippen molar-refractivity contribution in [1.29, 1.82) is 0 Å². The average molecular weight is 308 g/mol. The second-order valence-electron chi connectivity index (χ2n) is 4.37. The molecule has 0 saturated carbocycles. The predicted octanol–water partition coefficient (Wildman–Crippen LogP) is 2.94. The molecular formula is C13H25O6P. The first-order valence-corrected chi connectivity index (χ1v) is 8.50. The van der Waals surface area contributed by atoms with Gasteiger partial charge in [-0.2, -0.15) is 0 Å². The summed E-state index contributed by atoms with van der Waals surface area (Å²) in [6, 6.07) is 0. The fraction of sp³-hybridized carbons (Fsp3) is 0.846. The molecule has 20 heavy (non-hydrogen) atoms. The van der Waals surface area contributed by atoms with E-state index in [1.807, 2.05) is 0 Å². The molecule has 2 atom stereocenters. The van der Waals surface area contributed by atoms with E-state index in [0.29, 0.717) is 0 Å². The van der Waals surface area contributed by atoms with Crippen LogP contribution in [0.5, 0.6) is 0 Å². The number of ether oxygens (including phenoxy) is 1. The molecule has 6 nitrogen and oxygen atoms in total. The van der Waals surface area contributed by atoms with E-state index in [1.54, 1.807) is 27.7 Å². The van der Waals surface area contributed by atoms with Crippen molar-refractivity contribution in [2.45, 2.75) is 59.2 Å². The van der Waals surface area contributed by atoms with Crippen molar-refractivity contribution in [3.8, 4) is 0 Å². The Hall–Kier alpha value is -0.710. The first-order valence-electron chi connectivity index (χ1n) is 6.89. The highest BCUT2D eigenvalue weighted by atomic mass is 31.2. The number of hydrogen-bond donors (Lipinski definition) is 0. The fourth-order valence-electron chi connectivity index (χ4n) is 1.90. The van der Waals surface area contributed by atoms with E-state index in [1.165, 1.54) is 6.92 Å². The zero-order valence-electron chi connectivity index (χ0n) is 12.9. The summed E-state index contributed by atoms with van der Waals surface area (Å²) in [6.45, 7) is 8.38. The third-order valence-corrected chi connectivity index (χ3v) is 5.14. The van der Waals surface area contributed by atoms with Crippen LogP contribution in [0.25, 0.3) is 0 Å². The SMILES string of the molecule is CCOP(=O)(OCC)C(CC(C)OC(C)=O)C(=O)CC. The Morgan fingerprint density at radius 3 is 1.95 bits per heavy atom. The van der Waals surface area contributed by atoms with Crippen LogP contribution in [0.15, 0.2) is 0 Å². The molecule has 2 unspecified atom stereocenters. The van der Waals surface area contributed by atoms with Crippen LogP contribution in [0.2, 0.25) is 0 Å². The van der Waals surface area contributed by atoms with E-state index in [2.05, 4.69) is 0 Å². The van der Waals surface area contributed by atoms with E-state index in [9.17, 15) is 14.2 Å². The molecule has 0 N–H and O–H groups in total. The lowest BCUT2D eigenvalue weighted by Crippen LogP contribution is -2.28. The van der Waals surface area contributed by atoms with Crippen molar-refractivity contribution < 1.29 is 27.9 Å². The second-order valence-corrected chi connectivity index (χ2v) is 6.59. The van der Waals surface area contributed by atoms with Crippen molar-refractivity contribution in [1.82, 2.24) is 0 Å². The van der Waals surface area contributed by atoms with Crippen molar-refractivity contribution in [2.75, 3.05) is 13.2 Å². The van der Waals surface area contributed by atoms with Gasteiger partial charge >= 0.3 is 13.6 Å². The van der Waals surface area contributed by atoms with Gasteiger partial charge in [0.2, 0.25) is 0 Å². The summed E-state index contributed by atoms with van der Waals surface area (Å²) in [7, 11) is -3.54. The zero-order chi connectivity index (χ0) is 15.8. The Kier molecular flexibility index (Phi) is 8.94. The lowest BCUT2D eigenvalue weighted by Gasteiger charge is -2.27. The van der Waals surface area contributed by atoms with Gasteiger partial charge in [-0.15, -0.1) is 0 Å². The number of hydrogen-bond acceptors (Lipinski definition) is 6. The van der Waals surface area contributed by atoms with Crippen LogP contribution in [-0.4, -0.2) is 36.7 Å². The van der Waals surface area contributed by atoms with E-state index in [-0.39, 0.29) is 31.8 Å². The standard InChI is InChI=1S/C13H25O6P/c1-6-12(15)13(9-10(4)19-11(5)14)20(16,17-7-2)18-8-3/h10,13H,6-9H2,1-5H3. The molecule has 0 amide bonds. The van der Waals surface area contributed by atoms with Crippen molar-refractivity contribution in [2.24, 2.45) is 0 Å². The Labute approximate surface area is 120 Å². The minimum Gasteiger partial charge on any atom is -0.463 e. The molecule has 0 bridgehead atoms. The summed E-state index contributed by atoms with van der Waals surface area (Å²) in [6.07, 6.45) is -0.173. The molecule has 0 aliphatic heterocycles. The summed E-state index contributed by atoms with van der Waals surface area (Å²) >= 11 is 0. The van der Waals surface area contributed by atoms with Crippen LogP contribution >= 0.6 is 7.60 Å². The zero-order valence-corrected chi connectivity index (χ0v) is 13.8. The maximum Gasteiger partial charge on any atom is 0.341 e. The van der Waals surface area contributed by atoms with Gasteiger partial charge < -0.3 is 13.8 Å². The highest BCUT2D eigenvalue weighted by molar-refractivity contribution is 7.55. The summed E-state index contributed by atoms with van der Waals surface area (Å²) in [5.74, 6) is -0.655. The smallest absolute Gasteiger partial charge is 0.341 e. The summed E-state index contributed by atoms with van der Waals surface area (Å²) < 4.78 is 28.2. The normalized spacial score (nSPS) is 14.7. The highest BCUT2D eigenvalue weighted by Gasteiger charge is 2.41. The third kappa shape index (κ3) is 6.16. The van der Waals surface area contributed by atoms with E-state index < -0.39 is 25.3 Å². The maximum atomic E-state index is 12.7. The Balaban J connectivity index is 5.15. The lowest BCUT2D eigenvalue weighted by atomic mass is 10.1. The number of carbonyl (C=O) groups is 2. The number of esters is 1. The monoisotopic (exact) mass is 308 g/mol. The molecule has 0 fully saturated rings. The minimum absolute atomic E-state index is 0.129. The average Bonchev–Trinajstić information content (AvgIpc) is 2.34. The molecule has 118 valence electrons. The molecule has 0 aromatic heterocycles. The molecule has 7 heteroatoms. The Morgan fingerprint density at radius 2 is 1.60 bits per heavy atom. The first kappa shape index (κ1) is 19.3. The molecule has 0 aliphatic carbocycles. The van der Waals surface area contributed by atoms with Crippen molar-refractivity contribution in [3.63, 3.8) is 0 Å². The van der Waals surface area contributed by atoms with E-state index >= 15 is 0 Å². The molecule has 0 radical (unpaired) electrons. The van der Waals surface area contributed by atoms with Crippen LogP contribution in [0.1, 0.15) is 47.5 Å². The van der Waals surface area contributed by atoms with Gasteiger partial charge in [-0.25, -0.2) is 0 Å². The number of carbonyl (C=O) groups excluding carboxylic acids is 2. The fourth-order valence-corrected chi connectivity index (χ4v) is 4.14. The molecule has 0 rings (SSSR count). The lowest BCUT2D eigenvalue weighted by molar-refractivity contribution is -0.146. The number of rotatable bonds is 10. The van der Waals surface area contributed by atoms with E-state index in [0.717, 1.165) is 0 Å². The maximum absolute atomic E-state index is 12.7.